The lowest BCUT2D eigenvalue weighted by atomic mass is 9.75. The van der Waals surface area contributed by atoms with Crippen LogP contribution in [-0.2, 0) is 11.8 Å². The maximum Gasteiger partial charge on any atom is 0.155 e. The minimum atomic E-state index is 0.287. The number of hydrogen-bond acceptors (Lipinski definition) is 1. The van der Waals surface area contributed by atoms with Crippen molar-refractivity contribution in [3.8, 4) is 0 Å². The highest BCUT2D eigenvalue weighted by molar-refractivity contribution is 6.41. The molecule has 0 radical (unpaired) electrons. The Bertz CT molecular complexity index is 421. The summed E-state index contributed by atoms with van der Waals surface area (Å²) in [6.45, 7) is 6.62. The van der Waals surface area contributed by atoms with Crippen molar-refractivity contribution in [3.05, 3.63) is 34.9 Å². The number of carbonyl (C=O) groups excluding carboxylic acids is 1. The van der Waals surface area contributed by atoms with E-state index in [4.69, 9.17) is 0 Å². The van der Waals surface area contributed by atoms with Gasteiger partial charge in [0.05, 0.1) is 0 Å². The molecule has 0 amide bonds. The first-order chi connectivity index (χ1) is 7.54. The Labute approximate surface area is 98.5 Å². The zero-order chi connectivity index (χ0) is 11.8. The van der Waals surface area contributed by atoms with Crippen molar-refractivity contribution >= 4 is 13.1 Å². The van der Waals surface area contributed by atoms with Gasteiger partial charge in [0, 0.05) is 5.56 Å². The summed E-state index contributed by atoms with van der Waals surface area (Å²) in [6.07, 6.45) is 2.99. The van der Waals surface area contributed by atoms with Crippen molar-refractivity contribution in [2.24, 2.45) is 0 Å². The molecular weight excluding hydrogens is 195 g/mol. The normalized spacial score (nSPS) is 16.9. The van der Waals surface area contributed by atoms with Crippen LogP contribution in [-0.4, -0.2) is 13.1 Å². The molecule has 0 N–H and O–H groups in total. The first-order valence-electron chi connectivity index (χ1n) is 6.21. The van der Waals surface area contributed by atoms with Crippen molar-refractivity contribution < 1.29 is 4.79 Å². The van der Waals surface area contributed by atoms with Gasteiger partial charge in [-0.25, -0.2) is 0 Å². The maximum atomic E-state index is 11.8. The zero-order valence-electron chi connectivity index (χ0n) is 10.5. The van der Waals surface area contributed by atoms with Gasteiger partial charge in [-0.3, -0.25) is 4.79 Å². The minimum Gasteiger partial charge on any atom is -0.295 e. The van der Waals surface area contributed by atoms with E-state index in [1.54, 1.807) is 0 Å². The number of fused-ring (bicyclic) bond motifs is 1. The lowest BCUT2D eigenvalue weighted by molar-refractivity contribution is 0.101. The standard InChI is InChI=1S/C14H19BO/c1-14(2)7-6-10-8-11(4-5-12(10)14)13(16)9-15-3/h4-5,8,15H,6-7,9H2,1-3H3. The summed E-state index contributed by atoms with van der Waals surface area (Å²) >= 11 is 0. The van der Waals surface area contributed by atoms with E-state index in [-0.39, 0.29) is 5.78 Å². The number of hydrogen-bond donors (Lipinski definition) is 0. The predicted octanol–water partition coefficient (Wildman–Crippen LogP) is 3.00. The molecule has 0 spiro atoms. The second-order valence-electron chi connectivity index (χ2n) is 5.43. The van der Waals surface area contributed by atoms with Crippen LogP contribution in [0.5, 0.6) is 0 Å². The molecule has 16 heavy (non-hydrogen) atoms. The van der Waals surface area contributed by atoms with Crippen LogP contribution in [0, 0.1) is 0 Å². The molecule has 0 fully saturated rings. The predicted molar refractivity (Wildman–Crippen MR) is 69.9 cm³/mol. The summed E-state index contributed by atoms with van der Waals surface area (Å²) in [6, 6.07) is 6.28. The number of Topliss-reactive ketones (excluding diaryl/α,β-unsaturated/α-hetero) is 1. The van der Waals surface area contributed by atoms with Gasteiger partial charge in [0.2, 0.25) is 0 Å². The minimum absolute atomic E-state index is 0.287. The largest absolute Gasteiger partial charge is 0.295 e. The molecule has 1 aromatic carbocycles. The van der Waals surface area contributed by atoms with E-state index < -0.39 is 0 Å². The number of aryl methyl sites for hydroxylation is 1. The van der Waals surface area contributed by atoms with E-state index in [9.17, 15) is 4.79 Å². The van der Waals surface area contributed by atoms with Gasteiger partial charge in [-0.05, 0) is 41.8 Å². The van der Waals surface area contributed by atoms with Crippen molar-refractivity contribution in [1.82, 2.24) is 0 Å². The highest BCUT2D eigenvalue weighted by Crippen LogP contribution is 2.38. The average Bonchev–Trinajstić information content (AvgIpc) is 2.55. The molecule has 0 saturated heterocycles. The molecule has 84 valence electrons. The smallest absolute Gasteiger partial charge is 0.155 e. The Morgan fingerprint density at radius 1 is 1.44 bits per heavy atom. The Balaban J connectivity index is 2.32. The molecule has 0 atom stereocenters. The third-order valence-electron chi connectivity index (χ3n) is 3.65. The summed E-state index contributed by atoms with van der Waals surface area (Å²) in [5, 5.41) is 0. The molecule has 1 aliphatic carbocycles. The highest BCUT2D eigenvalue weighted by atomic mass is 16.1. The van der Waals surface area contributed by atoms with Gasteiger partial charge < -0.3 is 0 Å². The second kappa shape index (κ2) is 4.08. The van der Waals surface area contributed by atoms with Crippen LogP contribution in [0.2, 0.25) is 13.1 Å². The molecular formula is C14H19BO. The van der Waals surface area contributed by atoms with E-state index in [0.29, 0.717) is 11.7 Å². The van der Waals surface area contributed by atoms with Gasteiger partial charge in [-0.2, -0.15) is 0 Å². The zero-order valence-corrected chi connectivity index (χ0v) is 10.5. The molecule has 0 bridgehead atoms. The highest BCUT2D eigenvalue weighted by Gasteiger charge is 2.29. The van der Waals surface area contributed by atoms with Crippen LogP contribution in [0.4, 0.5) is 0 Å². The summed E-state index contributed by atoms with van der Waals surface area (Å²) < 4.78 is 0. The van der Waals surface area contributed by atoms with Crippen molar-refractivity contribution in [2.45, 2.75) is 45.2 Å². The first-order valence-corrected chi connectivity index (χ1v) is 6.21. The molecule has 0 heterocycles. The topological polar surface area (TPSA) is 17.1 Å². The quantitative estimate of drug-likeness (QED) is 0.558. The molecule has 2 rings (SSSR count). The first kappa shape index (κ1) is 11.4. The maximum absolute atomic E-state index is 11.8. The summed E-state index contributed by atoms with van der Waals surface area (Å²) in [5.74, 6) is 0.287. The lowest BCUT2D eigenvalue weighted by Gasteiger charge is -2.18. The fourth-order valence-electron chi connectivity index (χ4n) is 2.59. The molecule has 2 heteroatoms. The van der Waals surface area contributed by atoms with Gasteiger partial charge in [0.1, 0.15) is 7.28 Å². The molecule has 1 nitrogen and oxygen atoms in total. The Morgan fingerprint density at radius 2 is 2.19 bits per heavy atom. The van der Waals surface area contributed by atoms with E-state index in [0.717, 1.165) is 19.3 Å². The Hall–Kier alpha value is -1.05. The summed E-state index contributed by atoms with van der Waals surface area (Å²) in [4.78, 5) is 11.8. The van der Waals surface area contributed by atoms with Gasteiger partial charge in [-0.15, -0.1) is 0 Å². The van der Waals surface area contributed by atoms with Crippen LogP contribution < -0.4 is 0 Å². The van der Waals surface area contributed by atoms with Crippen LogP contribution in [0.25, 0.3) is 0 Å². The van der Waals surface area contributed by atoms with Gasteiger partial charge >= 0.3 is 0 Å². The fraction of sp³-hybridized carbons (Fsp3) is 0.500. The van der Waals surface area contributed by atoms with Gasteiger partial charge in [0.15, 0.2) is 5.78 Å². The molecule has 0 aromatic heterocycles. The Kier molecular flexibility index (Phi) is 2.92. The monoisotopic (exact) mass is 214 g/mol. The molecule has 1 aliphatic rings. The number of rotatable bonds is 3. The average molecular weight is 214 g/mol. The second-order valence-corrected chi connectivity index (χ2v) is 5.43. The fourth-order valence-corrected chi connectivity index (χ4v) is 2.59. The van der Waals surface area contributed by atoms with Crippen molar-refractivity contribution in [2.75, 3.05) is 0 Å². The van der Waals surface area contributed by atoms with E-state index in [1.807, 2.05) is 12.9 Å². The van der Waals surface area contributed by atoms with Crippen molar-refractivity contribution in [3.63, 3.8) is 0 Å². The summed E-state index contributed by atoms with van der Waals surface area (Å²) in [7, 11) is 0.932. The lowest BCUT2D eigenvalue weighted by Crippen LogP contribution is -2.12. The van der Waals surface area contributed by atoms with Crippen LogP contribution in [0.3, 0.4) is 0 Å². The van der Waals surface area contributed by atoms with Crippen LogP contribution in [0.1, 0.15) is 41.8 Å². The number of benzene rings is 1. The molecule has 1 aromatic rings. The SMILES string of the molecule is CBCC(=O)c1ccc2c(c1)CCC2(C)C. The van der Waals surface area contributed by atoms with Gasteiger partial charge in [-0.1, -0.05) is 32.8 Å². The van der Waals surface area contributed by atoms with Crippen LogP contribution >= 0.6 is 0 Å². The molecule has 0 unspecified atom stereocenters. The van der Waals surface area contributed by atoms with E-state index in [2.05, 4.69) is 26.0 Å². The number of carbonyl (C=O) groups is 1. The Morgan fingerprint density at radius 3 is 2.88 bits per heavy atom. The third kappa shape index (κ3) is 1.93. The van der Waals surface area contributed by atoms with Gasteiger partial charge in [0.25, 0.3) is 0 Å². The van der Waals surface area contributed by atoms with E-state index in [1.165, 1.54) is 17.5 Å². The van der Waals surface area contributed by atoms with Crippen molar-refractivity contribution in [1.29, 1.82) is 0 Å². The van der Waals surface area contributed by atoms with Crippen LogP contribution in [0.15, 0.2) is 18.2 Å². The third-order valence-corrected chi connectivity index (χ3v) is 3.65. The summed E-state index contributed by atoms with van der Waals surface area (Å²) in [5.41, 5.74) is 4.01. The molecule has 0 saturated carbocycles. The van der Waals surface area contributed by atoms with E-state index >= 15 is 0 Å². The number of ketones is 1. The molecule has 0 aliphatic heterocycles.